The first-order valence-electron chi connectivity index (χ1n) is 9.95. The highest BCUT2D eigenvalue weighted by Gasteiger charge is 2.42. The molecule has 3 aromatic rings. The minimum atomic E-state index is -4.06. The third kappa shape index (κ3) is 4.05. The van der Waals surface area contributed by atoms with Crippen molar-refractivity contribution in [2.24, 2.45) is 0 Å². The Hall–Kier alpha value is -3.43. The largest absolute Gasteiger partial charge is 0.285 e. The number of nitrogens with one attached hydrogen (secondary N) is 1. The summed E-state index contributed by atoms with van der Waals surface area (Å²) in [4.78, 5) is 27.0. The van der Waals surface area contributed by atoms with E-state index in [1.54, 1.807) is 12.1 Å². The van der Waals surface area contributed by atoms with E-state index in [0.717, 1.165) is 10.5 Å². The van der Waals surface area contributed by atoms with Crippen molar-refractivity contribution in [2.75, 3.05) is 9.62 Å². The number of pyridine rings is 1. The molecule has 0 radical (unpaired) electrons. The molecule has 0 atom stereocenters. The maximum absolute atomic E-state index is 13.2. The maximum Gasteiger partial charge on any atom is 0.268 e. The Morgan fingerprint density at radius 3 is 2.21 bits per heavy atom. The normalized spacial score (nSPS) is 13.9. The van der Waals surface area contributed by atoms with Crippen molar-refractivity contribution in [3.63, 3.8) is 0 Å². The molecule has 1 aliphatic heterocycles. The van der Waals surface area contributed by atoms with Gasteiger partial charge in [0, 0.05) is 10.8 Å². The van der Waals surface area contributed by atoms with Gasteiger partial charge < -0.3 is 0 Å². The fourth-order valence-electron chi connectivity index (χ4n) is 3.57. The number of carbonyl (C=O) groups is 2. The number of sulfonamides is 1. The number of hydrogen-bond donors (Lipinski definition) is 2. The van der Waals surface area contributed by atoms with Crippen LogP contribution in [0.1, 0.15) is 47.1 Å². The maximum atomic E-state index is 13.2. The highest BCUT2D eigenvalue weighted by Crippen LogP contribution is 2.37. The van der Waals surface area contributed by atoms with Crippen LogP contribution < -0.4 is 14.4 Å². The minimum Gasteiger partial charge on any atom is -0.285 e. The summed E-state index contributed by atoms with van der Waals surface area (Å²) in [6, 6.07) is 12.0. The van der Waals surface area contributed by atoms with Gasteiger partial charge in [0.1, 0.15) is 5.69 Å². The molecule has 0 spiro atoms. The SMILES string of the molecule is CC(C)(C)c1ccc(S(=O)(=O)Nc2ccc(Cl)c3c2C(=O)N(c2ccc[n+](O)c2)C3=O)cc1. The van der Waals surface area contributed by atoms with Gasteiger partial charge in [-0.15, -0.1) is 0 Å². The van der Waals surface area contributed by atoms with E-state index in [9.17, 15) is 23.2 Å². The Morgan fingerprint density at radius 2 is 1.61 bits per heavy atom. The number of benzene rings is 2. The van der Waals surface area contributed by atoms with Crippen LogP contribution in [-0.2, 0) is 15.4 Å². The summed E-state index contributed by atoms with van der Waals surface area (Å²) in [6.07, 6.45) is 2.50. The number of halogens is 1. The molecule has 2 aromatic carbocycles. The van der Waals surface area contributed by atoms with Gasteiger partial charge in [0.05, 0.1) is 26.7 Å². The van der Waals surface area contributed by atoms with E-state index in [4.69, 9.17) is 11.6 Å². The summed E-state index contributed by atoms with van der Waals surface area (Å²) in [5, 5.41) is 9.68. The number of nitrogens with zero attached hydrogens (tertiary/aromatic N) is 2. The zero-order valence-electron chi connectivity index (χ0n) is 18.0. The van der Waals surface area contributed by atoms with E-state index < -0.39 is 21.8 Å². The number of hydrogen-bond acceptors (Lipinski definition) is 5. The van der Waals surface area contributed by atoms with E-state index in [1.165, 1.54) is 48.8 Å². The summed E-state index contributed by atoms with van der Waals surface area (Å²) in [7, 11) is -4.06. The lowest BCUT2D eigenvalue weighted by molar-refractivity contribution is -0.904. The van der Waals surface area contributed by atoms with Gasteiger partial charge in [-0.2, -0.15) is 0 Å². The van der Waals surface area contributed by atoms with Gasteiger partial charge >= 0.3 is 0 Å². The molecule has 1 aromatic heterocycles. The van der Waals surface area contributed by atoms with Gasteiger partial charge in [-0.1, -0.05) is 44.5 Å². The predicted molar refractivity (Wildman–Crippen MR) is 122 cm³/mol. The summed E-state index contributed by atoms with van der Waals surface area (Å²) < 4.78 is 29.2. The lowest BCUT2D eigenvalue weighted by Gasteiger charge is -2.19. The molecular weight excluding hydrogens is 466 g/mol. The number of anilines is 2. The van der Waals surface area contributed by atoms with Crippen LogP contribution in [0.4, 0.5) is 11.4 Å². The number of aromatic nitrogens is 1. The van der Waals surface area contributed by atoms with Crippen LogP contribution in [0.5, 0.6) is 0 Å². The smallest absolute Gasteiger partial charge is 0.268 e. The number of fused-ring (bicyclic) bond motifs is 1. The predicted octanol–water partition coefficient (Wildman–Crippen LogP) is 3.76. The summed E-state index contributed by atoms with van der Waals surface area (Å²) >= 11 is 6.20. The third-order valence-electron chi connectivity index (χ3n) is 5.29. The van der Waals surface area contributed by atoms with Crippen LogP contribution in [0.2, 0.25) is 5.02 Å². The topological polar surface area (TPSA) is 108 Å². The molecule has 2 amide bonds. The Morgan fingerprint density at radius 1 is 0.970 bits per heavy atom. The van der Waals surface area contributed by atoms with Crippen LogP contribution in [0.15, 0.2) is 65.8 Å². The highest BCUT2D eigenvalue weighted by molar-refractivity contribution is 7.92. The number of rotatable bonds is 4. The monoisotopic (exact) mass is 486 g/mol. The van der Waals surface area contributed by atoms with Gasteiger partial charge in [0.2, 0.25) is 12.4 Å². The quantitative estimate of drug-likeness (QED) is 0.331. The molecule has 0 saturated carbocycles. The molecule has 0 unspecified atom stereocenters. The zero-order valence-corrected chi connectivity index (χ0v) is 19.6. The van der Waals surface area contributed by atoms with Crippen molar-refractivity contribution in [1.82, 2.24) is 0 Å². The Labute approximate surface area is 196 Å². The standard InChI is InChI=1S/C23H20ClN3O5S/c1-23(2,3)14-6-8-16(9-7-14)33(31,32)25-18-11-10-17(24)19-20(18)22(29)27(21(19)28)15-5-4-12-26(30)13-15/h4-13H,1-3H3,(H-,25,29,30)/p+1. The highest BCUT2D eigenvalue weighted by atomic mass is 35.5. The second-order valence-corrected chi connectivity index (χ2v) is 10.7. The zero-order chi connectivity index (χ0) is 24.1. The molecule has 2 heterocycles. The van der Waals surface area contributed by atoms with Crippen molar-refractivity contribution < 1.29 is 27.9 Å². The molecule has 10 heteroatoms. The van der Waals surface area contributed by atoms with Crippen molar-refractivity contribution in [3.05, 3.63) is 82.6 Å². The van der Waals surface area contributed by atoms with E-state index in [2.05, 4.69) is 4.72 Å². The Balaban J connectivity index is 1.74. The first-order chi connectivity index (χ1) is 15.4. The molecule has 0 aliphatic carbocycles. The van der Waals surface area contributed by atoms with Crippen LogP contribution >= 0.6 is 11.6 Å². The van der Waals surface area contributed by atoms with Crippen LogP contribution in [0, 0.1) is 0 Å². The fraction of sp³-hybridized carbons (Fsp3) is 0.174. The first kappa shape index (κ1) is 22.8. The molecule has 0 fully saturated rings. The van der Waals surface area contributed by atoms with Gasteiger partial charge in [0.25, 0.3) is 21.8 Å². The van der Waals surface area contributed by atoms with Gasteiger partial charge in [-0.25, -0.2) is 13.3 Å². The second-order valence-electron chi connectivity index (χ2n) is 8.61. The molecule has 4 rings (SSSR count). The minimum absolute atomic E-state index is 0.0103. The molecule has 0 bridgehead atoms. The summed E-state index contributed by atoms with van der Waals surface area (Å²) in [6.45, 7) is 6.06. The molecule has 2 N–H and O–H groups in total. The summed E-state index contributed by atoms with van der Waals surface area (Å²) in [5.41, 5.74) is 0.590. The first-order valence-corrected chi connectivity index (χ1v) is 11.8. The van der Waals surface area contributed by atoms with Crippen molar-refractivity contribution in [2.45, 2.75) is 31.1 Å². The Kier molecular flexibility index (Phi) is 5.42. The number of amides is 2. The van der Waals surface area contributed by atoms with Crippen LogP contribution in [0.3, 0.4) is 0 Å². The fourth-order valence-corrected chi connectivity index (χ4v) is 4.88. The van der Waals surface area contributed by atoms with Gasteiger partial charge in [0.15, 0.2) is 0 Å². The Bertz CT molecular complexity index is 1400. The van der Waals surface area contributed by atoms with E-state index in [-0.39, 0.29) is 37.8 Å². The van der Waals surface area contributed by atoms with E-state index >= 15 is 0 Å². The van der Waals surface area contributed by atoms with Crippen LogP contribution in [-0.4, -0.2) is 25.4 Å². The van der Waals surface area contributed by atoms with Gasteiger partial charge in [-0.05, 0) is 41.3 Å². The lowest BCUT2D eigenvalue weighted by atomic mass is 9.87. The molecule has 170 valence electrons. The average Bonchev–Trinajstić information content (AvgIpc) is 3.01. The number of carbonyl (C=O) groups excluding carboxylic acids is 2. The molecule has 33 heavy (non-hydrogen) atoms. The molecule has 8 nitrogen and oxygen atoms in total. The molecular formula is C23H21ClN3O5S+. The lowest BCUT2D eigenvalue weighted by Crippen LogP contribution is -2.34. The van der Waals surface area contributed by atoms with Crippen molar-refractivity contribution in [1.29, 1.82) is 0 Å². The summed E-state index contributed by atoms with van der Waals surface area (Å²) in [5.74, 6) is -1.48. The van der Waals surface area contributed by atoms with E-state index in [1.807, 2.05) is 20.8 Å². The average molecular weight is 487 g/mol. The number of imide groups is 1. The molecule has 1 aliphatic rings. The van der Waals surface area contributed by atoms with Crippen molar-refractivity contribution >= 4 is 44.8 Å². The van der Waals surface area contributed by atoms with Crippen LogP contribution in [0.25, 0.3) is 0 Å². The molecule has 0 saturated heterocycles. The van der Waals surface area contributed by atoms with Gasteiger partial charge in [-0.3, -0.25) is 19.5 Å². The third-order valence-corrected chi connectivity index (χ3v) is 6.99. The van der Waals surface area contributed by atoms with Crippen molar-refractivity contribution in [3.8, 4) is 0 Å². The van der Waals surface area contributed by atoms with E-state index in [0.29, 0.717) is 4.73 Å². The second kappa shape index (κ2) is 7.86.